The molecule has 0 amide bonds. The fourth-order valence-corrected chi connectivity index (χ4v) is 3.75. The number of ether oxygens (including phenoxy) is 2. The summed E-state index contributed by atoms with van der Waals surface area (Å²) in [5.74, 6) is 0.783. The minimum atomic E-state index is 0.266. The minimum absolute atomic E-state index is 0.266. The zero-order valence-corrected chi connectivity index (χ0v) is 16.7. The molecule has 1 N–H and O–H groups in total. The Labute approximate surface area is 166 Å². The lowest BCUT2D eigenvalue weighted by Gasteiger charge is -2.36. The van der Waals surface area contributed by atoms with E-state index in [-0.39, 0.29) is 12.2 Å². The van der Waals surface area contributed by atoms with Gasteiger partial charge in [0.15, 0.2) is 0 Å². The summed E-state index contributed by atoms with van der Waals surface area (Å²) in [5.41, 5.74) is 3.40. The topological polar surface area (TPSA) is 62.8 Å². The first-order valence-electron chi connectivity index (χ1n) is 10.1. The SMILES string of the molecule is C[C@H]1CN(c2ccc(NCc3cnc(N4CCOCC4)nc3)cc2)C[C@H](C)O1. The molecule has 0 spiro atoms. The Bertz CT molecular complexity index is 736. The molecule has 28 heavy (non-hydrogen) atoms. The molecule has 0 radical (unpaired) electrons. The molecule has 7 nitrogen and oxygen atoms in total. The molecule has 2 fully saturated rings. The van der Waals surface area contributed by atoms with E-state index in [9.17, 15) is 0 Å². The highest BCUT2D eigenvalue weighted by Crippen LogP contribution is 2.22. The maximum atomic E-state index is 5.82. The van der Waals surface area contributed by atoms with Crippen molar-refractivity contribution in [2.75, 3.05) is 54.5 Å². The first-order chi connectivity index (χ1) is 13.7. The van der Waals surface area contributed by atoms with Crippen LogP contribution in [0.5, 0.6) is 0 Å². The van der Waals surface area contributed by atoms with E-state index < -0.39 is 0 Å². The highest BCUT2D eigenvalue weighted by atomic mass is 16.5. The number of nitrogens with zero attached hydrogens (tertiary/aromatic N) is 4. The summed E-state index contributed by atoms with van der Waals surface area (Å²) < 4.78 is 11.2. The fourth-order valence-electron chi connectivity index (χ4n) is 3.75. The van der Waals surface area contributed by atoms with Gasteiger partial charge in [-0.2, -0.15) is 0 Å². The Kier molecular flexibility index (Phi) is 5.92. The zero-order valence-electron chi connectivity index (χ0n) is 16.7. The van der Waals surface area contributed by atoms with Crippen molar-refractivity contribution in [2.24, 2.45) is 0 Å². The molecule has 3 heterocycles. The Hall–Kier alpha value is -2.38. The average molecular weight is 383 g/mol. The summed E-state index contributed by atoms with van der Waals surface area (Å²) in [6.45, 7) is 10.0. The van der Waals surface area contributed by atoms with Gasteiger partial charge in [-0.3, -0.25) is 0 Å². The van der Waals surface area contributed by atoms with E-state index in [4.69, 9.17) is 9.47 Å². The molecule has 7 heteroatoms. The second-order valence-electron chi connectivity index (χ2n) is 7.55. The maximum absolute atomic E-state index is 5.82. The van der Waals surface area contributed by atoms with Crippen molar-refractivity contribution in [3.05, 3.63) is 42.2 Å². The van der Waals surface area contributed by atoms with Crippen molar-refractivity contribution in [3.63, 3.8) is 0 Å². The van der Waals surface area contributed by atoms with Crippen molar-refractivity contribution in [2.45, 2.75) is 32.6 Å². The predicted molar refractivity (Wildman–Crippen MR) is 111 cm³/mol. The number of nitrogens with one attached hydrogen (secondary N) is 1. The second kappa shape index (κ2) is 8.75. The molecule has 0 unspecified atom stereocenters. The molecule has 1 aromatic heterocycles. The van der Waals surface area contributed by atoms with Gasteiger partial charge in [-0.05, 0) is 38.1 Å². The van der Waals surface area contributed by atoms with Crippen molar-refractivity contribution < 1.29 is 9.47 Å². The van der Waals surface area contributed by atoms with Crippen molar-refractivity contribution in [3.8, 4) is 0 Å². The van der Waals surface area contributed by atoms with Crippen LogP contribution in [-0.2, 0) is 16.0 Å². The van der Waals surface area contributed by atoms with Gasteiger partial charge in [-0.15, -0.1) is 0 Å². The quantitative estimate of drug-likeness (QED) is 0.851. The van der Waals surface area contributed by atoms with Crippen LogP contribution in [-0.4, -0.2) is 61.6 Å². The Morgan fingerprint density at radius 2 is 1.61 bits per heavy atom. The van der Waals surface area contributed by atoms with Crippen molar-refractivity contribution in [1.29, 1.82) is 0 Å². The lowest BCUT2D eigenvalue weighted by atomic mass is 10.2. The van der Waals surface area contributed by atoms with Crippen LogP contribution < -0.4 is 15.1 Å². The van der Waals surface area contributed by atoms with Gasteiger partial charge in [0.1, 0.15) is 0 Å². The molecule has 0 bridgehead atoms. The highest BCUT2D eigenvalue weighted by Gasteiger charge is 2.22. The summed E-state index contributed by atoms with van der Waals surface area (Å²) in [7, 11) is 0. The minimum Gasteiger partial charge on any atom is -0.381 e. The lowest BCUT2D eigenvalue weighted by molar-refractivity contribution is -0.00521. The zero-order chi connectivity index (χ0) is 19.3. The van der Waals surface area contributed by atoms with Crippen LogP contribution >= 0.6 is 0 Å². The molecule has 4 rings (SSSR count). The highest BCUT2D eigenvalue weighted by molar-refractivity contribution is 5.55. The van der Waals surface area contributed by atoms with Gasteiger partial charge in [-0.1, -0.05) is 0 Å². The van der Waals surface area contributed by atoms with Crippen molar-refractivity contribution in [1.82, 2.24) is 9.97 Å². The number of anilines is 3. The van der Waals surface area contributed by atoms with Gasteiger partial charge in [-0.25, -0.2) is 9.97 Å². The Morgan fingerprint density at radius 1 is 0.964 bits per heavy atom. The smallest absolute Gasteiger partial charge is 0.225 e. The lowest BCUT2D eigenvalue weighted by Crippen LogP contribution is -2.45. The predicted octanol–water partition coefficient (Wildman–Crippen LogP) is 2.54. The third kappa shape index (κ3) is 4.72. The number of aromatic nitrogens is 2. The van der Waals surface area contributed by atoms with Crippen LogP contribution in [0.15, 0.2) is 36.7 Å². The largest absolute Gasteiger partial charge is 0.381 e. The average Bonchev–Trinajstić information content (AvgIpc) is 2.73. The summed E-state index contributed by atoms with van der Waals surface area (Å²) in [6.07, 6.45) is 4.33. The molecular weight excluding hydrogens is 354 g/mol. The summed E-state index contributed by atoms with van der Waals surface area (Å²) in [5, 5.41) is 3.45. The first-order valence-corrected chi connectivity index (χ1v) is 10.1. The van der Waals surface area contributed by atoms with E-state index in [0.29, 0.717) is 6.54 Å². The van der Waals surface area contributed by atoms with Gasteiger partial charge in [0.25, 0.3) is 0 Å². The van der Waals surface area contributed by atoms with Crippen LogP contribution in [0, 0.1) is 0 Å². The van der Waals surface area contributed by atoms with E-state index in [2.05, 4.69) is 63.2 Å². The van der Waals surface area contributed by atoms with E-state index >= 15 is 0 Å². The number of benzene rings is 1. The molecule has 2 aliphatic rings. The molecule has 2 atom stereocenters. The molecule has 0 aliphatic carbocycles. The van der Waals surface area contributed by atoms with Crippen LogP contribution in [0.3, 0.4) is 0 Å². The summed E-state index contributed by atoms with van der Waals surface area (Å²) in [6, 6.07) is 8.60. The van der Waals surface area contributed by atoms with Gasteiger partial charge < -0.3 is 24.6 Å². The third-order valence-electron chi connectivity index (χ3n) is 5.13. The normalized spacial score (nSPS) is 22.9. The number of hydrogen-bond acceptors (Lipinski definition) is 7. The van der Waals surface area contributed by atoms with E-state index in [1.54, 1.807) is 0 Å². The molecule has 2 saturated heterocycles. The van der Waals surface area contributed by atoms with Crippen LogP contribution in [0.1, 0.15) is 19.4 Å². The van der Waals surface area contributed by atoms with Crippen LogP contribution in [0.4, 0.5) is 17.3 Å². The van der Waals surface area contributed by atoms with Crippen LogP contribution in [0.25, 0.3) is 0 Å². The Morgan fingerprint density at radius 3 is 2.25 bits per heavy atom. The Balaban J connectivity index is 1.31. The number of rotatable bonds is 5. The standard InChI is InChI=1S/C21H29N5O2/c1-16-14-26(15-17(2)28-16)20-5-3-19(4-6-20)22-11-18-12-23-21(24-13-18)25-7-9-27-10-8-25/h3-6,12-13,16-17,22H,7-11,14-15H2,1-2H3/t16-,17-/m0/s1. The molecule has 0 saturated carbocycles. The molecule has 2 aliphatic heterocycles. The first kappa shape index (κ1) is 19.0. The fraction of sp³-hybridized carbons (Fsp3) is 0.524. The number of morpholine rings is 2. The van der Waals surface area contributed by atoms with Gasteiger partial charge in [0.2, 0.25) is 5.95 Å². The third-order valence-corrected chi connectivity index (χ3v) is 5.13. The molecular formula is C21H29N5O2. The molecule has 2 aromatic rings. The number of hydrogen-bond donors (Lipinski definition) is 1. The summed E-state index contributed by atoms with van der Waals surface area (Å²) >= 11 is 0. The second-order valence-corrected chi connectivity index (χ2v) is 7.55. The molecule has 1 aromatic carbocycles. The van der Waals surface area contributed by atoms with Gasteiger partial charge >= 0.3 is 0 Å². The maximum Gasteiger partial charge on any atom is 0.225 e. The van der Waals surface area contributed by atoms with Crippen LogP contribution in [0.2, 0.25) is 0 Å². The molecule has 150 valence electrons. The van der Waals surface area contributed by atoms with Crippen molar-refractivity contribution >= 4 is 17.3 Å². The monoisotopic (exact) mass is 383 g/mol. The van der Waals surface area contributed by atoms with E-state index in [1.165, 1.54) is 5.69 Å². The van der Waals surface area contributed by atoms with E-state index in [0.717, 1.165) is 56.6 Å². The van der Waals surface area contributed by atoms with E-state index in [1.807, 2.05) is 12.4 Å². The van der Waals surface area contributed by atoms with Gasteiger partial charge in [0.05, 0.1) is 25.4 Å². The van der Waals surface area contributed by atoms with Gasteiger partial charge in [0, 0.05) is 62.1 Å². The summed E-state index contributed by atoms with van der Waals surface area (Å²) in [4.78, 5) is 13.6.